The monoisotopic (exact) mass is 292 g/mol. The van der Waals surface area contributed by atoms with Crippen molar-refractivity contribution in [3.63, 3.8) is 0 Å². The largest absolute Gasteiger partial charge is 0.478 e. The van der Waals surface area contributed by atoms with Gasteiger partial charge in [-0.25, -0.2) is 4.98 Å². The first-order valence-corrected chi connectivity index (χ1v) is 6.65. The van der Waals surface area contributed by atoms with Crippen molar-refractivity contribution < 1.29 is 4.74 Å². The lowest BCUT2D eigenvalue weighted by atomic mass is 10.1. The molecule has 0 unspecified atom stereocenters. The Morgan fingerprint density at radius 1 is 1.10 bits per heavy atom. The molecule has 4 heteroatoms. The minimum absolute atomic E-state index is 0. The van der Waals surface area contributed by atoms with Crippen LogP contribution >= 0.6 is 12.4 Å². The van der Waals surface area contributed by atoms with Crippen LogP contribution in [0, 0.1) is 6.92 Å². The van der Waals surface area contributed by atoms with Gasteiger partial charge < -0.3 is 10.1 Å². The normalized spacial score (nSPS) is 9.85. The number of benzene rings is 1. The second-order valence-electron chi connectivity index (χ2n) is 4.53. The summed E-state index contributed by atoms with van der Waals surface area (Å²) in [5, 5.41) is 3.41. The Labute approximate surface area is 126 Å². The van der Waals surface area contributed by atoms with Crippen molar-refractivity contribution in [3.05, 3.63) is 59.8 Å². The Hall–Kier alpha value is -1.58. The first-order chi connectivity index (χ1) is 9.34. The predicted molar refractivity (Wildman–Crippen MR) is 84.5 cm³/mol. The van der Waals surface area contributed by atoms with Gasteiger partial charge in [0.2, 0.25) is 5.88 Å². The average Bonchev–Trinajstić information content (AvgIpc) is 2.46. The van der Waals surface area contributed by atoms with Crippen LogP contribution in [0.15, 0.2) is 48.7 Å². The Morgan fingerprint density at radius 2 is 1.90 bits per heavy atom. The van der Waals surface area contributed by atoms with Gasteiger partial charge in [-0.15, -0.1) is 12.4 Å². The molecule has 0 amide bonds. The summed E-state index contributed by atoms with van der Waals surface area (Å²) in [6.07, 6.45) is 2.72. The fourth-order valence-electron chi connectivity index (χ4n) is 1.75. The van der Waals surface area contributed by atoms with Crippen LogP contribution < -0.4 is 10.1 Å². The van der Waals surface area contributed by atoms with Crippen molar-refractivity contribution in [3.8, 4) is 5.88 Å². The molecule has 0 saturated heterocycles. The first kappa shape index (κ1) is 16.5. The average molecular weight is 293 g/mol. The van der Waals surface area contributed by atoms with Crippen LogP contribution in [0.25, 0.3) is 0 Å². The van der Waals surface area contributed by atoms with Crippen LogP contribution in [0.5, 0.6) is 5.88 Å². The number of hydrogen-bond donors (Lipinski definition) is 1. The predicted octanol–water partition coefficient (Wildman–Crippen LogP) is 3.37. The molecule has 0 atom stereocenters. The van der Waals surface area contributed by atoms with Crippen LogP contribution in [0.3, 0.4) is 0 Å². The number of ether oxygens (including phenoxy) is 1. The summed E-state index contributed by atoms with van der Waals surface area (Å²) in [4.78, 5) is 4.11. The standard InChI is InChI=1S/C16H20N2O.ClH/c1-14-6-8-15(9-7-14)13-17-10-4-12-19-16-5-2-3-11-18-16;/h2-3,5-9,11,17H,4,10,12-13H2,1H3;1H. The summed E-state index contributed by atoms with van der Waals surface area (Å²) in [7, 11) is 0. The molecule has 108 valence electrons. The summed E-state index contributed by atoms with van der Waals surface area (Å²) in [6.45, 7) is 4.65. The van der Waals surface area contributed by atoms with Crippen LogP contribution in [-0.2, 0) is 6.54 Å². The molecule has 0 aliphatic rings. The number of halogens is 1. The fourth-order valence-corrected chi connectivity index (χ4v) is 1.75. The number of rotatable bonds is 7. The molecule has 0 aliphatic heterocycles. The fraction of sp³-hybridized carbons (Fsp3) is 0.312. The zero-order valence-electron chi connectivity index (χ0n) is 11.7. The molecule has 0 fully saturated rings. The number of hydrogen-bond acceptors (Lipinski definition) is 3. The summed E-state index contributed by atoms with van der Waals surface area (Å²) in [6, 6.07) is 14.3. The molecule has 0 bridgehead atoms. The SMILES string of the molecule is Cc1ccc(CNCCCOc2ccccn2)cc1.Cl. The van der Waals surface area contributed by atoms with Gasteiger partial charge in [-0.05, 0) is 31.5 Å². The van der Waals surface area contributed by atoms with Gasteiger partial charge in [-0.2, -0.15) is 0 Å². The Morgan fingerprint density at radius 3 is 2.60 bits per heavy atom. The van der Waals surface area contributed by atoms with Gasteiger partial charge in [0.1, 0.15) is 0 Å². The van der Waals surface area contributed by atoms with Gasteiger partial charge in [0.25, 0.3) is 0 Å². The third kappa shape index (κ3) is 6.04. The van der Waals surface area contributed by atoms with Gasteiger partial charge in [-0.3, -0.25) is 0 Å². The van der Waals surface area contributed by atoms with E-state index in [4.69, 9.17) is 4.74 Å². The van der Waals surface area contributed by atoms with Gasteiger partial charge in [0.05, 0.1) is 6.61 Å². The van der Waals surface area contributed by atoms with Crippen LogP contribution in [0.2, 0.25) is 0 Å². The molecule has 3 nitrogen and oxygen atoms in total. The molecular formula is C16H21ClN2O. The highest BCUT2D eigenvalue weighted by atomic mass is 35.5. The maximum absolute atomic E-state index is 5.52. The molecule has 0 saturated carbocycles. The van der Waals surface area contributed by atoms with E-state index < -0.39 is 0 Å². The summed E-state index contributed by atoms with van der Waals surface area (Å²) >= 11 is 0. The maximum Gasteiger partial charge on any atom is 0.213 e. The van der Waals surface area contributed by atoms with Crippen molar-refractivity contribution in [1.29, 1.82) is 0 Å². The zero-order valence-corrected chi connectivity index (χ0v) is 12.5. The minimum Gasteiger partial charge on any atom is -0.478 e. The molecule has 2 rings (SSSR count). The molecule has 1 heterocycles. The molecule has 0 aliphatic carbocycles. The minimum atomic E-state index is 0. The highest BCUT2D eigenvalue weighted by Gasteiger charge is 1.94. The van der Waals surface area contributed by atoms with Gasteiger partial charge in [0.15, 0.2) is 0 Å². The molecule has 1 aromatic carbocycles. The number of pyridine rings is 1. The van der Waals surface area contributed by atoms with Crippen LogP contribution in [-0.4, -0.2) is 18.1 Å². The van der Waals surface area contributed by atoms with E-state index in [0.29, 0.717) is 12.5 Å². The number of aromatic nitrogens is 1. The van der Waals surface area contributed by atoms with E-state index in [1.54, 1.807) is 6.20 Å². The highest BCUT2D eigenvalue weighted by Crippen LogP contribution is 2.04. The van der Waals surface area contributed by atoms with Crippen molar-refractivity contribution in [2.45, 2.75) is 19.9 Å². The van der Waals surface area contributed by atoms with Crippen LogP contribution in [0.1, 0.15) is 17.5 Å². The highest BCUT2D eigenvalue weighted by molar-refractivity contribution is 5.85. The molecule has 20 heavy (non-hydrogen) atoms. The molecule has 0 radical (unpaired) electrons. The smallest absolute Gasteiger partial charge is 0.213 e. The quantitative estimate of drug-likeness (QED) is 0.795. The van der Waals surface area contributed by atoms with Gasteiger partial charge >= 0.3 is 0 Å². The van der Waals surface area contributed by atoms with E-state index >= 15 is 0 Å². The summed E-state index contributed by atoms with van der Waals surface area (Å²) in [5.74, 6) is 0.695. The van der Waals surface area contributed by atoms with Crippen molar-refractivity contribution >= 4 is 12.4 Å². The Balaban J connectivity index is 0.00000200. The molecule has 0 spiro atoms. The maximum atomic E-state index is 5.52. The lowest BCUT2D eigenvalue weighted by Gasteiger charge is -2.06. The van der Waals surface area contributed by atoms with E-state index in [1.165, 1.54) is 11.1 Å². The molecular weight excluding hydrogens is 272 g/mol. The number of aryl methyl sites for hydroxylation is 1. The van der Waals surface area contributed by atoms with E-state index in [1.807, 2.05) is 18.2 Å². The van der Waals surface area contributed by atoms with Crippen molar-refractivity contribution in [2.75, 3.05) is 13.2 Å². The van der Waals surface area contributed by atoms with Crippen LogP contribution in [0.4, 0.5) is 0 Å². The topological polar surface area (TPSA) is 34.1 Å². The second kappa shape index (κ2) is 9.34. The first-order valence-electron chi connectivity index (χ1n) is 6.65. The van der Waals surface area contributed by atoms with Gasteiger partial charge in [0, 0.05) is 18.8 Å². The summed E-state index contributed by atoms with van der Waals surface area (Å²) < 4.78 is 5.52. The van der Waals surface area contributed by atoms with E-state index in [0.717, 1.165) is 19.5 Å². The van der Waals surface area contributed by atoms with Crippen molar-refractivity contribution in [2.24, 2.45) is 0 Å². The Bertz CT molecular complexity index is 474. The molecule has 2 aromatic rings. The van der Waals surface area contributed by atoms with E-state index in [9.17, 15) is 0 Å². The van der Waals surface area contributed by atoms with E-state index in [-0.39, 0.29) is 12.4 Å². The lowest BCUT2D eigenvalue weighted by Crippen LogP contribution is -2.17. The summed E-state index contributed by atoms with van der Waals surface area (Å²) in [5.41, 5.74) is 2.61. The second-order valence-corrected chi connectivity index (χ2v) is 4.53. The number of nitrogens with one attached hydrogen (secondary N) is 1. The molecule has 1 N–H and O–H groups in total. The third-order valence-electron chi connectivity index (χ3n) is 2.84. The lowest BCUT2D eigenvalue weighted by molar-refractivity contribution is 0.296. The van der Waals surface area contributed by atoms with E-state index in [2.05, 4.69) is 41.5 Å². The number of nitrogens with zero attached hydrogens (tertiary/aromatic N) is 1. The Kier molecular flexibility index (Phi) is 7.70. The zero-order chi connectivity index (χ0) is 13.3. The van der Waals surface area contributed by atoms with Crippen molar-refractivity contribution in [1.82, 2.24) is 10.3 Å². The molecule has 1 aromatic heterocycles. The third-order valence-corrected chi connectivity index (χ3v) is 2.84. The van der Waals surface area contributed by atoms with Gasteiger partial charge in [-0.1, -0.05) is 35.9 Å².